The first-order valence-electron chi connectivity index (χ1n) is 9.50. The molecule has 2 aliphatic heterocycles. The van der Waals surface area contributed by atoms with Crippen molar-refractivity contribution in [2.75, 3.05) is 26.2 Å². The average Bonchev–Trinajstić information content (AvgIpc) is 3.23. The lowest BCUT2D eigenvalue weighted by molar-refractivity contribution is -0.123. The van der Waals surface area contributed by atoms with Crippen LogP contribution in [0.2, 0.25) is 0 Å². The number of aromatic amines is 1. The van der Waals surface area contributed by atoms with Gasteiger partial charge in [0.05, 0.1) is 17.1 Å². The summed E-state index contributed by atoms with van der Waals surface area (Å²) >= 11 is 0. The number of benzene rings is 1. The highest BCUT2D eigenvalue weighted by molar-refractivity contribution is 5.82. The van der Waals surface area contributed by atoms with Crippen molar-refractivity contribution in [1.29, 1.82) is 0 Å². The van der Waals surface area contributed by atoms with Gasteiger partial charge in [-0.25, -0.2) is 9.37 Å². The van der Waals surface area contributed by atoms with E-state index in [1.807, 2.05) is 0 Å². The molecule has 2 aliphatic rings. The number of rotatable bonds is 5. The number of fused-ring (bicyclic) bond motifs is 1. The molecule has 0 unspecified atom stereocenters. The lowest BCUT2D eigenvalue weighted by Gasteiger charge is -2.33. The van der Waals surface area contributed by atoms with E-state index in [1.165, 1.54) is 12.1 Å². The topological polar surface area (TPSA) is 81.8 Å². The Morgan fingerprint density at radius 3 is 3.04 bits per heavy atom. The van der Waals surface area contributed by atoms with Gasteiger partial charge in [-0.15, -0.1) is 0 Å². The number of hydrogen-bond acceptors (Lipinski definition) is 4. The maximum Gasteiger partial charge on any atom is 0.237 e. The third-order valence-corrected chi connectivity index (χ3v) is 5.72. The molecular formula is C19H26FN5O. The van der Waals surface area contributed by atoms with E-state index in [1.54, 1.807) is 6.07 Å². The fraction of sp³-hybridized carbons (Fsp3) is 0.579. The summed E-state index contributed by atoms with van der Waals surface area (Å²) in [5.74, 6) is 0.662. The van der Waals surface area contributed by atoms with Crippen molar-refractivity contribution < 1.29 is 9.18 Å². The summed E-state index contributed by atoms with van der Waals surface area (Å²) in [6, 6.07) is 4.48. The predicted molar refractivity (Wildman–Crippen MR) is 98.3 cm³/mol. The third-order valence-electron chi connectivity index (χ3n) is 5.72. The van der Waals surface area contributed by atoms with Crippen molar-refractivity contribution in [3.05, 3.63) is 29.8 Å². The van der Waals surface area contributed by atoms with Gasteiger partial charge in [-0.05, 0) is 62.4 Å². The highest BCUT2D eigenvalue weighted by Gasteiger charge is 2.41. The molecule has 1 atom stereocenters. The van der Waals surface area contributed by atoms with Crippen molar-refractivity contribution in [3.8, 4) is 0 Å². The zero-order chi connectivity index (χ0) is 18.0. The number of hydrogen-bond donors (Lipinski definition) is 4. The van der Waals surface area contributed by atoms with Crippen LogP contribution in [-0.2, 0) is 11.2 Å². The highest BCUT2D eigenvalue weighted by atomic mass is 19.1. The average molecular weight is 359 g/mol. The number of aromatic nitrogens is 2. The molecule has 140 valence electrons. The number of piperidine rings is 1. The van der Waals surface area contributed by atoms with Gasteiger partial charge in [-0.1, -0.05) is 0 Å². The smallest absolute Gasteiger partial charge is 0.237 e. The molecule has 0 saturated carbocycles. The second-order valence-electron chi connectivity index (χ2n) is 7.63. The van der Waals surface area contributed by atoms with Gasteiger partial charge in [-0.2, -0.15) is 0 Å². The molecule has 1 spiro atoms. The highest BCUT2D eigenvalue weighted by Crippen LogP contribution is 2.37. The van der Waals surface area contributed by atoms with Gasteiger partial charge < -0.3 is 20.9 Å². The van der Waals surface area contributed by atoms with Crippen LogP contribution in [-0.4, -0.2) is 48.1 Å². The van der Waals surface area contributed by atoms with E-state index in [4.69, 9.17) is 0 Å². The number of imidazole rings is 1. The van der Waals surface area contributed by atoms with Crippen molar-refractivity contribution >= 4 is 16.9 Å². The lowest BCUT2D eigenvalue weighted by Crippen LogP contribution is -2.40. The Balaban J connectivity index is 1.22. The molecule has 26 heavy (non-hydrogen) atoms. The second-order valence-corrected chi connectivity index (χ2v) is 7.63. The van der Waals surface area contributed by atoms with E-state index < -0.39 is 0 Å². The summed E-state index contributed by atoms with van der Waals surface area (Å²) in [6.07, 6.45) is 4.77. The van der Waals surface area contributed by atoms with Crippen LogP contribution in [0.5, 0.6) is 0 Å². The van der Waals surface area contributed by atoms with Gasteiger partial charge in [0.15, 0.2) is 0 Å². The van der Waals surface area contributed by atoms with Crippen LogP contribution in [0, 0.1) is 11.2 Å². The van der Waals surface area contributed by atoms with E-state index in [-0.39, 0.29) is 17.8 Å². The molecule has 0 aliphatic carbocycles. The molecule has 1 aromatic carbocycles. The number of halogens is 1. The Labute approximate surface area is 152 Å². The van der Waals surface area contributed by atoms with Gasteiger partial charge in [0.2, 0.25) is 5.91 Å². The van der Waals surface area contributed by atoms with Crippen LogP contribution in [0.1, 0.15) is 31.5 Å². The van der Waals surface area contributed by atoms with E-state index in [0.29, 0.717) is 17.5 Å². The van der Waals surface area contributed by atoms with Crippen molar-refractivity contribution in [3.63, 3.8) is 0 Å². The predicted octanol–water partition coefficient (Wildman–Crippen LogP) is 1.48. The number of nitrogens with one attached hydrogen (secondary N) is 4. The molecule has 2 aromatic rings. The van der Waals surface area contributed by atoms with Crippen LogP contribution in [0.3, 0.4) is 0 Å². The van der Waals surface area contributed by atoms with E-state index in [2.05, 4.69) is 25.9 Å². The quantitative estimate of drug-likeness (QED) is 0.610. The molecule has 7 heteroatoms. The molecule has 2 fully saturated rings. The van der Waals surface area contributed by atoms with Gasteiger partial charge >= 0.3 is 0 Å². The monoisotopic (exact) mass is 359 g/mol. The first-order chi connectivity index (χ1) is 12.6. The van der Waals surface area contributed by atoms with E-state index >= 15 is 0 Å². The Hall–Kier alpha value is -1.99. The molecule has 6 nitrogen and oxygen atoms in total. The second kappa shape index (κ2) is 7.32. The standard InChI is InChI=1S/C19H26FN5O/c20-13-3-4-14-15(10-13)25-17(24-14)2-1-7-22-18(26)16-11-19(12-23-16)5-8-21-9-6-19/h3-4,10,16,21,23H,1-2,5-9,11-12H2,(H,22,26)(H,24,25)/t16-/m0/s1. The number of amides is 1. The molecule has 0 bridgehead atoms. The Morgan fingerprint density at radius 2 is 2.19 bits per heavy atom. The Bertz CT molecular complexity index is 783. The van der Waals surface area contributed by atoms with Gasteiger partial charge in [0.1, 0.15) is 11.6 Å². The summed E-state index contributed by atoms with van der Waals surface area (Å²) in [7, 11) is 0. The summed E-state index contributed by atoms with van der Waals surface area (Å²) in [6.45, 7) is 3.67. The molecular weight excluding hydrogens is 333 g/mol. The van der Waals surface area contributed by atoms with Crippen molar-refractivity contribution in [2.45, 2.75) is 38.1 Å². The molecule has 2 saturated heterocycles. The molecule has 4 rings (SSSR count). The number of H-pyrrole nitrogens is 1. The molecule has 3 heterocycles. The fourth-order valence-corrected chi connectivity index (χ4v) is 4.18. The minimum absolute atomic E-state index is 0.0673. The summed E-state index contributed by atoms with van der Waals surface area (Å²) in [5, 5.41) is 9.84. The number of nitrogens with zero attached hydrogens (tertiary/aromatic N) is 1. The molecule has 1 amide bonds. The number of aryl methyl sites for hydroxylation is 1. The van der Waals surface area contributed by atoms with E-state index in [0.717, 1.165) is 63.1 Å². The lowest BCUT2D eigenvalue weighted by atomic mass is 9.77. The first-order valence-corrected chi connectivity index (χ1v) is 9.50. The minimum atomic E-state index is -0.268. The maximum absolute atomic E-state index is 13.2. The van der Waals surface area contributed by atoms with Gasteiger partial charge in [-0.3, -0.25) is 4.79 Å². The SMILES string of the molecule is O=C(NCCCc1nc2ccc(F)cc2[nH]1)[C@@H]1CC2(CCNCC2)CN1. The Kier molecular flexibility index (Phi) is 4.91. The minimum Gasteiger partial charge on any atom is -0.355 e. The first kappa shape index (κ1) is 17.4. The summed E-state index contributed by atoms with van der Waals surface area (Å²) in [4.78, 5) is 20.0. The normalized spacial score (nSPS) is 22.1. The van der Waals surface area contributed by atoms with E-state index in [9.17, 15) is 9.18 Å². The zero-order valence-electron chi connectivity index (χ0n) is 14.9. The fourth-order valence-electron chi connectivity index (χ4n) is 4.18. The molecule has 1 aromatic heterocycles. The summed E-state index contributed by atoms with van der Waals surface area (Å²) < 4.78 is 13.2. The van der Waals surface area contributed by atoms with Crippen molar-refractivity contribution in [1.82, 2.24) is 25.9 Å². The molecule has 0 radical (unpaired) electrons. The number of carbonyl (C=O) groups is 1. The largest absolute Gasteiger partial charge is 0.355 e. The van der Waals surface area contributed by atoms with Crippen LogP contribution < -0.4 is 16.0 Å². The summed E-state index contributed by atoms with van der Waals surface area (Å²) in [5.41, 5.74) is 1.79. The molecule has 4 N–H and O–H groups in total. The third kappa shape index (κ3) is 3.73. The Morgan fingerprint density at radius 1 is 1.35 bits per heavy atom. The zero-order valence-corrected chi connectivity index (χ0v) is 14.9. The number of carbonyl (C=O) groups excluding carboxylic acids is 1. The van der Waals surface area contributed by atoms with Crippen LogP contribution in [0.15, 0.2) is 18.2 Å². The van der Waals surface area contributed by atoms with Gasteiger partial charge in [0, 0.05) is 19.5 Å². The van der Waals surface area contributed by atoms with Crippen LogP contribution in [0.4, 0.5) is 4.39 Å². The van der Waals surface area contributed by atoms with Crippen LogP contribution >= 0.6 is 0 Å². The maximum atomic E-state index is 13.2. The van der Waals surface area contributed by atoms with Crippen molar-refractivity contribution in [2.24, 2.45) is 5.41 Å². The van der Waals surface area contributed by atoms with Crippen LogP contribution in [0.25, 0.3) is 11.0 Å². The van der Waals surface area contributed by atoms with Gasteiger partial charge in [0.25, 0.3) is 0 Å².